The quantitative estimate of drug-likeness (QED) is 0.377. The first kappa shape index (κ1) is 18.4. The molecule has 0 aliphatic rings. The molecule has 0 saturated heterocycles. The summed E-state index contributed by atoms with van der Waals surface area (Å²) in [7, 11) is 0. The van der Waals surface area contributed by atoms with Gasteiger partial charge in [-0.1, -0.05) is 42.5 Å². The molecule has 0 spiro atoms. The summed E-state index contributed by atoms with van der Waals surface area (Å²) >= 11 is 0. The van der Waals surface area contributed by atoms with Gasteiger partial charge in [0.2, 0.25) is 5.89 Å². The van der Waals surface area contributed by atoms with Crippen molar-refractivity contribution in [3.63, 3.8) is 0 Å². The normalized spacial score (nSPS) is 11.0. The van der Waals surface area contributed by atoms with E-state index in [1.54, 1.807) is 6.07 Å². The molecular formula is C21H20N2O4. The Balaban J connectivity index is 1.35. The monoisotopic (exact) mass is 364 g/mol. The average Bonchev–Trinajstić information content (AvgIpc) is 3.12. The Kier molecular flexibility index (Phi) is 6.35. The summed E-state index contributed by atoms with van der Waals surface area (Å²) in [6.45, 7) is 0.214. The van der Waals surface area contributed by atoms with E-state index in [1.165, 1.54) is 17.7 Å². The number of ether oxygens (including phenoxy) is 1. The zero-order valence-electron chi connectivity index (χ0n) is 14.8. The predicted octanol–water partition coefficient (Wildman–Crippen LogP) is 3.13. The Bertz CT molecular complexity index is 899. The van der Waals surface area contributed by atoms with Crippen LogP contribution in [0.15, 0.2) is 65.1 Å². The second-order valence-electron chi connectivity index (χ2n) is 5.90. The maximum Gasteiger partial charge on any atom is 0.331 e. The molecule has 0 bridgehead atoms. The van der Waals surface area contributed by atoms with Gasteiger partial charge in [-0.15, -0.1) is 0 Å². The van der Waals surface area contributed by atoms with Crippen molar-refractivity contribution in [2.24, 2.45) is 0 Å². The lowest BCUT2D eigenvalue weighted by atomic mass is 10.1. The minimum atomic E-state index is -0.628. The van der Waals surface area contributed by atoms with E-state index in [4.69, 9.17) is 9.15 Å². The number of hydrogen-bond acceptors (Lipinski definition) is 5. The van der Waals surface area contributed by atoms with Crippen LogP contribution in [0.4, 0.5) is 0 Å². The molecule has 6 nitrogen and oxygen atoms in total. The fourth-order valence-corrected chi connectivity index (χ4v) is 2.50. The van der Waals surface area contributed by atoms with Crippen LogP contribution in [0.2, 0.25) is 0 Å². The second-order valence-corrected chi connectivity index (χ2v) is 5.90. The number of amides is 1. The summed E-state index contributed by atoms with van der Waals surface area (Å²) < 4.78 is 10.4. The van der Waals surface area contributed by atoms with Crippen molar-refractivity contribution in [1.82, 2.24) is 10.3 Å². The van der Waals surface area contributed by atoms with Gasteiger partial charge in [-0.25, -0.2) is 9.78 Å². The molecule has 0 saturated carbocycles. The van der Waals surface area contributed by atoms with Crippen molar-refractivity contribution >= 4 is 29.1 Å². The molecular weight excluding hydrogens is 344 g/mol. The van der Waals surface area contributed by atoms with Gasteiger partial charge in [0.05, 0.1) is 0 Å². The van der Waals surface area contributed by atoms with Gasteiger partial charge in [-0.2, -0.15) is 0 Å². The molecule has 3 aromatic rings. The van der Waals surface area contributed by atoms with Crippen LogP contribution in [-0.2, 0) is 20.7 Å². The third-order valence-corrected chi connectivity index (χ3v) is 3.83. The molecule has 1 N–H and O–H groups in total. The molecule has 0 radical (unpaired) electrons. The van der Waals surface area contributed by atoms with Crippen molar-refractivity contribution in [2.45, 2.75) is 12.8 Å². The van der Waals surface area contributed by atoms with Gasteiger partial charge in [-0.3, -0.25) is 4.79 Å². The molecule has 2 aromatic carbocycles. The fraction of sp³-hybridized carbons (Fsp3) is 0.190. The number of fused-ring (bicyclic) bond motifs is 1. The Morgan fingerprint density at radius 1 is 1.07 bits per heavy atom. The van der Waals surface area contributed by atoms with Crippen LogP contribution in [0, 0.1) is 0 Å². The number of nitrogens with one attached hydrogen (secondary N) is 1. The third-order valence-electron chi connectivity index (χ3n) is 3.83. The van der Waals surface area contributed by atoms with E-state index in [0.717, 1.165) is 12.8 Å². The standard InChI is InChI=1S/C21H20N2O4/c24-19(22-14-6-9-16-7-2-1-3-8-16)15-26-21(25)13-12-20-23-17-10-4-5-11-18(17)27-20/h1-5,7-8,10-13H,6,9,14-15H2,(H,22,24)/b13-12+. The first-order valence-electron chi connectivity index (χ1n) is 8.72. The maximum atomic E-state index is 11.7. The molecule has 0 unspecified atom stereocenters. The highest BCUT2D eigenvalue weighted by molar-refractivity contribution is 5.89. The molecule has 0 aliphatic carbocycles. The largest absolute Gasteiger partial charge is 0.452 e. The molecule has 6 heteroatoms. The molecule has 3 rings (SSSR count). The van der Waals surface area contributed by atoms with Crippen LogP contribution in [-0.4, -0.2) is 30.0 Å². The summed E-state index contributed by atoms with van der Waals surface area (Å²) in [5, 5.41) is 2.73. The molecule has 27 heavy (non-hydrogen) atoms. The second kappa shape index (κ2) is 9.33. The number of benzene rings is 2. The van der Waals surface area contributed by atoms with E-state index in [0.29, 0.717) is 23.5 Å². The van der Waals surface area contributed by atoms with Crippen molar-refractivity contribution < 1.29 is 18.7 Å². The lowest BCUT2D eigenvalue weighted by Gasteiger charge is -2.05. The SMILES string of the molecule is O=C(COC(=O)/C=C/c1nc2ccccc2o1)NCCCc1ccccc1. The number of carbonyl (C=O) groups excluding carboxylic acids is 2. The number of hydrogen-bond donors (Lipinski definition) is 1. The number of nitrogens with zero attached hydrogens (tertiary/aromatic N) is 1. The first-order chi connectivity index (χ1) is 13.2. The van der Waals surface area contributed by atoms with Crippen LogP contribution >= 0.6 is 0 Å². The number of carbonyl (C=O) groups is 2. The van der Waals surface area contributed by atoms with Gasteiger partial charge in [0.15, 0.2) is 12.2 Å². The summed E-state index contributed by atoms with van der Waals surface area (Å²) in [6.07, 6.45) is 4.31. The van der Waals surface area contributed by atoms with E-state index < -0.39 is 5.97 Å². The third kappa shape index (κ3) is 5.81. The van der Waals surface area contributed by atoms with E-state index >= 15 is 0 Å². The Morgan fingerprint density at radius 3 is 2.67 bits per heavy atom. The number of oxazole rings is 1. The van der Waals surface area contributed by atoms with Crippen molar-refractivity contribution in [3.05, 3.63) is 72.1 Å². The summed E-state index contributed by atoms with van der Waals surface area (Å²) in [6, 6.07) is 17.3. The number of aromatic nitrogens is 1. The van der Waals surface area contributed by atoms with Crippen molar-refractivity contribution in [1.29, 1.82) is 0 Å². The highest BCUT2D eigenvalue weighted by atomic mass is 16.5. The van der Waals surface area contributed by atoms with Crippen LogP contribution in [0.25, 0.3) is 17.2 Å². The molecule has 138 valence electrons. The van der Waals surface area contributed by atoms with Crippen molar-refractivity contribution in [3.8, 4) is 0 Å². The summed E-state index contributed by atoms with van der Waals surface area (Å²) in [4.78, 5) is 27.6. The molecule has 1 heterocycles. The number of rotatable bonds is 8. The van der Waals surface area contributed by atoms with Gasteiger partial charge < -0.3 is 14.5 Å². The predicted molar refractivity (Wildman–Crippen MR) is 102 cm³/mol. The zero-order chi connectivity index (χ0) is 18.9. The summed E-state index contributed by atoms with van der Waals surface area (Å²) in [5.41, 5.74) is 2.57. The Morgan fingerprint density at radius 2 is 1.85 bits per heavy atom. The lowest BCUT2D eigenvalue weighted by molar-refractivity contribution is -0.143. The lowest BCUT2D eigenvalue weighted by Crippen LogP contribution is -2.29. The van der Waals surface area contributed by atoms with E-state index in [2.05, 4.69) is 10.3 Å². The summed E-state index contributed by atoms with van der Waals surface area (Å²) in [5.74, 6) is -0.651. The zero-order valence-corrected chi connectivity index (χ0v) is 14.8. The Labute approximate surface area is 156 Å². The average molecular weight is 364 g/mol. The van der Waals surface area contributed by atoms with Crippen molar-refractivity contribution in [2.75, 3.05) is 13.2 Å². The highest BCUT2D eigenvalue weighted by Crippen LogP contribution is 2.15. The first-order valence-corrected chi connectivity index (χ1v) is 8.72. The maximum absolute atomic E-state index is 11.7. The minimum Gasteiger partial charge on any atom is -0.452 e. The number of aryl methyl sites for hydroxylation is 1. The molecule has 0 fully saturated rings. The highest BCUT2D eigenvalue weighted by Gasteiger charge is 2.06. The van der Waals surface area contributed by atoms with E-state index in [1.807, 2.05) is 48.5 Å². The van der Waals surface area contributed by atoms with Gasteiger partial charge in [-0.05, 0) is 30.5 Å². The minimum absolute atomic E-state index is 0.304. The van der Waals surface area contributed by atoms with Gasteiger partial charge >= 0.3 is 5.97 Å². The van der Waals surface area contributed by atoms with Crippen LogP contribution in [0.3, 0.4) is 0 Å². The van der Waals surface area contributed by atoms with Gasteiger partial charge in [0, 0.05) is 18.7 Å². The van der Waals surface area contributed by atoms with Crippen LogP contribution in [0.1, 0.15) is 17.9 Å². The Hall–Kier alpha value is -3.41. The topological polar surface area (TPSA) is 81.4 Å². The smallest absolute Gasteiger partial charge is 0.331 e. The molecule has 0 atom stereocenters. The molecule has 1 amide bonds. The van der Waals surface area contributed by atoms with Crippen LogP contribution < -0.4 is 5.32 Å². The fourth-order valence-electron chi connectivity index (χ4n) is 2.50. The van der Waals surface area contributed by atoms with E-state index in [9.17, 15) is 9.59 Å². The van der Waals surface area contributed by atoms with Gasteiger partial charge in [0.1, 0.15) is 5.52 Å². The van der Waals surface area contributed by atoms with E-state index in [-0.39, 0.29) is 12.5 Å². The van der Waals surface area contributed by atoms with Crippen LogP contribution in [0.5, 0.6) is 0 Å². The van der Waals surface area contributed by atoms with Gasteiger partial charge in [0.25, 0.3) is 5.91 Å². The number of para-hydroxylation sites is 2. The number of esters is 1. The molecule has 1 aromatic heterocycles. The molecule has 0 aliphatic heterocycles.